The fraction of sp³-hybridized carbons (Fsp3) is 0.909. The quantitative estimate of drug-likeness (QED) is 0.485. The van der Waals surface area contributed by atoms with E-state index in [-0.39, 0.29) is 18.0 Å². The Morgan fingerprint density at radius 2 is 2.08 bits per heavy atom. The van der Waals surface area contributed by atoms with Crippen LogP contribution in [0.5, 0.6) is 0 Å². The summed E-state index contributed by atoms with van der Waals surface area (Å²) in [6.07, 6.45) is 4.95. The van der Waals surface area contributed by atoms with Crippen LogP contribution in [0.3, 0.4) is 0 Å². The highest BCUT2D eigenvalue weighted by molar-refractivity contribution is 5.78. The van der Waals surface area contributed by atoms with E-state index in [0.717, 1.165) is 6.42 Å². The average molecular weight is 184 g/mol. The van der Waals surface area contributed by atoms with Crippen LogP contribution in [-0.4, -0.2) is 12.1 Å². The maximum Gasteiger partial charge on any atom is 0.313 e. The molecule has 0 amide bonds. The number of carbonyl (C=O) groups excluding carboxylic acids is 1. The van der Waals surface area contributed by atoms with Crippen molar-refractivity contribution in [1.82, 2.24) is 0 Å². The van der Waals surface area contributed by atoms with Gasteiger partial charge in [0.25, 0.3) is 0 Å². The Kier molecular flexibility index (Phi) is 3.76. The molecular formula is C11H20O2. The van der Waals surface area contributed by atoms with Gasteiger partial charge in [-0.05, 0) is 18.8 Å². The minimum Gasteiger partial charge on any atom is -0.461 e. The topological polar surface area (TPSA) is 26.3 Å². The summed E-state index contributed by atoms with van der Waals surface area (Å²) in [7, 11) is 0. The van der Waals surface area contributed by atoms with E-state index in [9.17, 15) is 4.79 Å². The van der Waals surface area contributed by atoms with Gasteiger partial charge in [-0.15, -0.1) is 0 Å². The first kappa shape index (κ1) is 10.6. The van der Waals surface area contributed by atoms with E-state index in [1.165, 1.54) is 19.3 Å². The van der Waals surface area contributed by atoms with E-state index in [1.807, 2.05) is 0 Å². The summed E-state index contributed by atoms with van der Waals surface area (Å²) in [4.78, 5) is 11.1. The molecule has 1 heterocycles. The fourth-order valence-electron chi connectivity index (χ4n) is 1.92. The summed E-state index contributed by atoms with van der Waals surface area (Å²) in [5.74, 6) is 0.626. The minimum atomic E-state index is 0.0106. The van der Waals surface area contributed by atoms with Gasteiger partial charge < -0.3 is 4.74 Å². The number of rotatable bonds is 5. The van der Waals surface area contributed by atoms with E-state index in [2.05, 4.69) is 20.8 Å². The summed E-state index contributed by atoms with van der Waals surface area (Å²) in [6, 6.07) is 0. The zero-order chi connectivity index (χ0) is 9.84. The van der Waals surface area contributed by atoms with E-state index >= 15 is 0 Å². The summed E-state index contributed by atoms with van der Waals surface area (Å²) in [5, 5.41) is 0. The van der Waals surface area contributed by atoms with Crippen molar-refractivity contribution in [2.45, 2.75) is 52.6 Å². The van der Waals surface area contributed by atoms with Crippen molar-refractivity contribution in [3.8, 4) is 0 Å². The van der Waals surface area contributed by atoms with Gasteiger partial charge in [0.1, 0.15) is 6.10 Å². The molecule has 2 atom stereocenters. The third-order valence-corrected chi connectivity index (χ3v) is 2.75. The second-order valence-electron chi connectivity index (χ2n) is 4.24. The Morgan fingerprint density at radius 1 is 1.38 bits per heavy atom. The molecule has 0 N–H and O–H groups in total. The van der Waals surface area contributed by atoms with Gasteiger partial charge in [0.2, 0.25) is 0 Å². The smallest absolute Gasteiger partial charge is 0.313 e. The second-order valence-corrected chi connectivity index (χ2v) is 4.24. The van der Waals surface area contributed by atoms with Crippen LogP contribution in [0.4, 0.5) is 0 Å². The van der Waals surface area contributed by atoms with Crippen LogP contribution in [0.1, 0.15) is 46.5 Å². The Balaban J connectivity index is 2.24. The maximum absolute atomic E-state index is 11.1. The molecule has 13 heavy (non-hydrogen) atoms. The van der Waals surface area contributed by atoms with E-state index < -0.39 is 0 Å². The highest BCUT2D eigenvalue weighted by Crippen LogP contribution is 2.32. The molecule has 1 aliphatic heterocycles. The number of carbonyl (C=O) groups is 1. The first-order valence-electron chi connectivity index (χ1n) is 5.37. The molecule has 0 aromatic heterocycles. The molecule has 2 unspecified atom stereocenters. The molecule has 2 nitrogen and oxygen atoms in total. The predicted octanol–water partition coefficient (Wildman–Crippen LogP) is 2.76. The number of unbranched alkanes of at least 4 members (excludes halogenated alkanes) is 2. The molecule has 0 saturated carbocycles. The Hall–Kier alpha value is -0.530. The minimum absolute atomic E-state index is 0.0106. The molecule has 0 aromatic rings. The number of esters is 1. The summed E-state index contributed by atoms with van der Waals surface area (Å²) in [6.45, 7) is 6.38. The van der Waals surface area contributed by atoms with E-state index in [0.29, 0.717) is 5.92 Å². The Labute approximate surface area is 80.7 Å². The maximum atomic E-state index is 11.1. The second kappa shape index (κ2) is 4.64. The van der Waals surface area contributed by atoms with Crippen LogP contribution in [0.25, 0.3) is 0 Å². The zero-order valence-corrected chi connectivity index (χ0v) is 8.88. The van der Waals surface area contributed by atoms with Gasteiger partial charge >= 0.3 is 5.97 Å². The Bertz CT molecular complexity index is 175. The van der Waals surface area contributed by atoms with E-state index in [4.69, 9.17) is 4.74 Å². The van der Waals surface area contributed by atoms with Gasteiger partial charge in [-0.25, -0.2) is 0 Å². The molecule has 76 valence electrons. The van der Waals surface area contributed by atoms with Crippen molar-refractivity contribution in [2.24, 2.45) is 11.8 Å². The van der Waals surface area contributed by atoms with Crippen molar-refractivity contribution in [3.05, 3.63) is 0 Å². The molecule has 2 heteroatoms. The molecule has 0 aromatic carbocycles. The summed E-state index contributed by atoms with van der Waals surface area (Å²) < 4.78 is 5.12. The monoisotopic (exact) mass is 184 g/mol. The van der Waals surface area contributed by atoms with Gasteiger partial charge in [-0.2, -0.15) is 0 Å². The molecule has 0 aliphatic carbocycles. The van der Waals surface area contributed by atoms with Crippen LogP contribution >= 0.6 is 0 Å². The SMILES string of the molecule is CCCCCC1OC(=O)C1C(C)C. The third kappa shape index (κ3) is 2.45. The van der Waals surface area contributed by atoms with Crippen molar-refractivity contribution in [3.63, 3.8) is 0 Å². The van der Waals surface area contributed by atoms with Crippen LogP contribution in [0.15, 0.2) is 0 Å². The normalized spacial score (nSPS) is 27.2. The molecule has 0 radical (unpaired) electrons. The number of cyclic esters (lactones) is 1. The van der Waals surface area contributed by atoms with Crippen LogP contribution in [0, 0.1) is 11.8 Å². The largest absolute Gasteiger partial charge is 0.461 e. The van der Waals surface area contributed by atoms with Crippen molar-refractivity contribution in [1.29, 1.82) is 0 Å². The third-order valence-electron chi connectivity index (χ3n) is 2.75. The first-order valence-corrected chi connectivity index (χ1v) is 5.37. The molecule has 1 aliphatic rings. The zero-order valence-electron chi connectivity index (χ0n) is 8.88. The average Bonchev–Trinajstić information content (AvgIpc) is 2.01. The fourth-order valence-corrected chi connectivity index (χ4v) is 1.92. The molecule has 0 spiro atoms. The van der Waals surface area contributed by atoms with Gasteiger partial charge in [-0.1, -0.05) is 33.6 Å². The van der Waals surface area contributed by atoms with Crippen molar-refractivity contribution < 1.29 is 9.53 Å². The lowest BCUT2D eigenvalue weighted by molar-refractivity contribution is -0.190. The van der Waals surface area contributed by atoms with E-state index in [1.54, 1.807) is 0 Å². The van der Waals surface area contributed by atoms with Crippen LogP contribution < -0.4 is 0 Å². The summed E-state index contributed by atoms with van der Waals surface area (Å²) in [5.41, 5.74) is 0. The highest BCUT2D eigenvalue weighted by atomic mass is 16.6. The number of ether oxygens (including phenoxy) is 1. The van der Waals surface area contributed by atoms with Gasteiger partial charge in [0, 0.05) is 0 Å². The van der Waals surface area contributed by atoms with Crippen molar-refractivity contribution >= 4 is 5.97 Å². The lowest BCUT2D eigenvalue weighted by Crippen LogP contribution is -2.47. The lowest BCUT2D eigenvalue weighted by Gasteiger charge is -2.37. The van der Waals surface area contributed by atoms with Crippen LogP contribution in [0.2, 0.25) is 0 Å². The Morgan fingerprint density at radius 3 is 2.54 bits per heavy atom. The van der Waals surface area contributed by atoms with Gasteiger partial charge in [0.15, 0.2) is 0 Å². The van der Waals surface area contributed by atoms with Crippen molar-refractivity contribution in [2.75, 3.05) is 0 Å². The molecule has 0 bridgehead atoms. The summed E-state index contributed by atoms with van der Waals surface area (Å²) >= 11 is 0. The number of hydrogen-bond donors (Lipinski definition) is 0. The predicted molar refractivity (Wildman–Crippen MR) is 52.4 cm³/mol. The highest BCUT2D eigenvalue weighted by Gasteiger charge is 2.43. The molecule has 1 rings (SSSR count). The molecule has 1 saturated heterocycles. The lowest BCUT2D eigenvalue weighted by atomic mass is 9.83. The molecule has 1 fully saturated rings. The standard InChI is InChI=1S/C11H20O2/c1-4-5-6-7-9-10(8(2)3)11(12)13-9/h8-10H,4-7H2,1-3H3. The first-order chi connectivity index (χ1) is 6.16. The van der Waals surface area contributed by atoms with Crippen LogP contribution in [-0.2, 0) is 9.53 Å². The van der Waals surface area contributed by atoms with Gasteiger partial charge in [-0.3, -0.25) is 4.79 Å². The number of hydrogen-bond acceptors (Lipinski definition) is 2. The molecular weight excluding hydrogens is 164 g/mol. The van der Waals surface area contributed by atoms with Gasteiger partial charge in [0.05, 0.1) is 5.92 Å².